The van der Waals surface area contributed by atoms with Crippen LogP contribution in [0.5, 0.6) is 0 Å². The van der Waals surface area contributed by atoms with Crippen LogP contribution in [0.4, 0.5) is 0 Å². The Morgan fingerprint density at radius 2 is 2.17 bits per heavy atom. The van der Waals surface area contributed by atoms with E-state index in [0.29, 0.717) is 17.3 Å². The molecule has 1 N–H and O–H groups in total. The van der Waals surface area contributed by atoms with E-state index in [1.165, 1.54) is 15.6 Å². The van der Waals surface area contributed by atoms with Crippen molar-refractivity contribution in [1.82, 2.24) is 4.31 Å². The second-order valence-corrected chi connectivity index (χ2v) is 8.38. The molecular weight excluding hydrogens is 270 g/mol. The van der Waals surface area contributed by atoms with E-state index in [0.717, 1.165) is 16.9 Å². The fraction of sp³-hybridized carbons (Fsp3) is 0.667. The summed E-state index contributed by atoms with van der Waals surface area (Å²) in [7, 11) is -3.37. The van der Waals surface area contributed by atoms with Crippen molar-refractivity contribution in [3.05, 3.63) is 16.5 Å². The molecule has 102 valence electrons. The van der Waals surface area contributed by atoms with Crippen molar-refractivity contribution < 1.29 is 13.5 Å². The van der Waals surface area contributed by atoms with E-state index in [9.17, 15) is 13.5 Å². The molecule has 0 bridgehead atoms. The monoisotopic (exact) mass is 289 g/mol. The first-order valence-electron chi connectivity index (χ1n) is 6.07. The summed E-state index contributed by atoms with van der Waals surface area (Å²) >= 11 is 1.33. The number of thiophene rings is 1. The summed E-state index contributed by atoms with van der Waals surface area (Å²) in [5.74, 6) is 0.0573. The zero-order chi connectivity index (χ0) is 13.5. The van der Waals surface area contributed by atoms with Gasteiger partial charge in [-0.3, -0.25) is 0 Å². The second-order valence-electron chi connectivity index (χ2n) is 4.96. The van der Waals surface area contributed by atoms with E-state index < -0.39 is 16.1 Å². The van der Waals surface area contributed by atoms with E-state index in [1.807, 2.05) is 13.8 Å². The van der Waals surface area contributed by atoms with E-state index in [4.69, 9.17) is 0 Å². The van der Waals surface area contributed by atoms with Gasteiger partial charge in [-0.05, 0) is 44.7 Å². The van der Waals surface area contributed by atoms with Gasteiger partial charge >= 0.3 is 0 Å². The topological polar surface area (TPSA) is 57.6 Å². The molecule has 2 rings (SSSR count). The summed E-state index contributed by atoms with van der Waals surface area (Å²) in [6.45, 7) is 6.51. The zero-order valence-electron chi connectivity index (χ0n) is 10.9. The molecule has 1 aliphatic heterocycles. The number of aryl methyl sites for hydroxylation is 2. The van der Waals surface area contributed by atoms with E-state index >= 15 is 0 Å². The van der Waals surface area contributed by atoms with Crippen LogP contribution < -0.4 is 0 Å². The van der Waals surface area contributed by atoms with Crippen LogP contribution in [0, 0.1) is 19.8 Å². The summed E-state index contributed by atoms with van der Waals surface area (Å²) in [4.78, 5) is 1.04. The van der Waals surface area contributed by atoms with Crippen molar-refractivity contribution in [3.63, 3.8) is 0 Å². The maximum Gasteiger partial charge on any atom is 0.252 e. The fourth-order valence-corrected chi connectivity index (χ4v) is 5.34. The van der Waals surface area contributed by atoms with Crippen LogP contribution in [0.3, 0.4) is 0 Å². The molecule has 0 aromatic carbocycles. The van der Waals surface area contributed by atoms with Gasteiger partial charge in [-0.1, -0.05) is 0 Å². The predicted molar refractivity (Wildman–Crippen MR) is 72.3 cm³/mol. The minimum atomic E-state index is -3.37. The van der Waals surface area contributed by atoms with Crippen molar-refractivity contribution in [1.29, 1.82) is 0 Å². The van der Waals surface area contributed by atoms with Crippen molar-refractivity contribution in [2.45, 2.75) is 37.5 Å². The lowest BCUT2D eigenvalue weighted by molar-refractivity contribution is 0.133. The van der Waals surface area contributed by atoms with Crippen LogP contribution in [0.15, 0.2) is 10.3 Å². The van der Waals surface area contributed by atoms with Gasteiger partial charge in [0, 0.05) is 18.0 Å². The highest BCUT2D eigenvalue weighted by molar-refractivity contribution is 7.91. The average molecular weight is 289 g/mol. The first-order chi connectivity index (χ1) is 8.32. The van der Waals surface area contributed by atoms with E-state index in [-0.39, 0.29) is 5.92 Å². The fourth-order valence-electron chi connectivity index (χ4n) is 2.16. The highest BCUT2D eigenvalue weighted by Crippen LogP contribution is 2.31. The summed E-state index contributed by atoms with van der Waals surface area (Å²) in [5, 5.41) is 9.54. The molecule has 1 aliphatic rings. The van der Waals surface area contributed by atoms with Gasteiger partial charge in [0.25, 0.3) is 10.0 Å². The molecule has 2 atom stereocenters. The molecule has 0 spiro atoms. The normalized spacial score (nSPS) is 23.4. The lowest BCUT2D eigenvalue weighted by Crippen LogP contribution is -2.30. The maximum absolute atomic E-state index is 12.4. The van der Waals surface area contributed by atoms with Gasteiger partial charge in [-0.25, -0.2) is 8.42 Å². The molecule has 1 aromatic rings. The molecule has 0 amide bonds. The molecule has 4 nitrogen and oxygen atoms in total. The van der Waals surface area contributed by atoms with Crippen LogP contribution in [0.25, 0.3) is 0 Å². The smallest absolute Gasteiger partial charge is 0.252 e. The average Bonchev–Trinajstić information content (AvgIpc) is 2.87. The molecule has 2 heterocycles. The molecule has 1 saturated heterocycles. The molecule has 1 fully saturated rings. The predicted octanol–water partition coefficient (Wildman–Crippen LogP) is 1.76. The third-order valence-electron chi connectivity index (χ3n) is 3.61. The second kappa shape index (κ2) is 4.92. The number of sulfonamides is 1. The van der Waals surface area contributed by atoms with Crippen LogP contribution >= 0.6 is 11.3 Å². The molecule has 2 unspecified atom stereocenters. The van der Waals surface area contributed by atoms with Crippen LogP contribution in [-0.4, -0.2) is 37.0 Å². The molecule has 1 aromatic heterocycles. The lowest BCUT2D eigenvalue weighted by atomic mass is 10.0. The first-order valence-corrected chi connectivity index (χ1v) is 8.33. The van der Waals surface area contributed by atoms with Crippen LogP contribution in [0.2, 0.25) is 0 Å². The Balaban J connectivity index is 2.23. The Labute approximate surface area is 112 Å². The van der Waals surface area contributed by atoms with E-state index in [2.05, 4.69) is 0 Å². The third-order valence-corrected chi connectivity index (χ3v) is 7.07. The summed E-state index contributed by atoms with van der Waals surface area (Å²) in [6, 6.07) is 1.74. The number of aliphatic hydroxyl groups is 1. The largest absolute Gasteiger partial charge is 0.393 e. The van der Waals surface area contributed by atoms with Crippen molar-refractivity contribution in [2.75, 3.05) is 13.1 Å². The van der Waals surface area contributed by atoms with Gasteiger partial charge in [0.2, 0.25) is 0 Å². The molecule has 18 heavy (non-hydrogen) atoms. The standard InChI is InChI=1S/C12H19NO3S2/c1-8-6-12(17-10(8)3)18(15,16)13-5-4-11(7-13)9(2)14/h6,9,11,14H,4-5,7H2,1-3H3. The lowest BCUT2D eigenvalue weighted by Gasteiger charge is -2.16. The quantitative estimate of drug-likeness (QED) is 0.922. The number of hydrogen-bond donors (Lipinski definition) is 1. The Morgan fingerprint density at radius 1 is 1.50 bits per heavy atom. The van der Waals surface area contributed by atoms with E-state index in [1.54, 1.807) is 13.0 Å². The van der Waals surface area contributed by atoms with Crippen molar-refractivity contribution in [2.24, 2.45) is 5.92 Å². The van der Waals surface area contributed by atoms with Crippen LogP contribution in [-0.2, 0) is 10.0 Å². The molecular formula is C12H19NO3S2. The first kappa shape index (κ1) is 14.0. The molecule has 0 radical (unpaired) electrons. The molecule has 0 aliphatic carbocycles. The highest BCUT2D eigenvalue weighted by Gasteiger charge is 2.35. The third kappa shape index (κ3) is 2.47. The van der Waals surface area contributed by atoms with Gasteiger partial charge in [-0.15, -0.1) is 11.3 Å². The van der Waals surface area contributed by atoms with Gasteiger partial charge in [0.15, 0.2) is 0 Å². The highest BCUT2D eigenvalue weighted by atomic mass is 32.2. The van der Waals surface area contributed by atoms with Gasteiger partial charge < -0.3 is 5.11 Å². The van der Waals surface area contributed by atoms with Gasteiger partial charge in [0.1, 0.15) is 4.21 Å². The zero-order valence-corrected chi connectivity index (χ0v) is 12.5. The molecule has 0 saturated carbocycles. The van der Waals surface area contributed by atoms with Crippen molar-refractivity contribution in [3.8, 4) is 0 Å². The molecule has 6 heteroatoms. The summed E-state index contributed by atoms with van der Waals surface area (Å²) in [5.41, 5.74) is 1.02. The maximum atomic E-state index is 12.4. The Bertz CT molecular complexity index is 514. The number of aliphatic hydroxyl groups excluding tert-OH is 1. The van der Waals surface area contributed by atoms with Crippen LogP contribution in [0.1, 0.15) is 23.8 Å². The van der Waals surface area contributed by atoms with Crippen molar-refractivity contribution >= 4 is 21.4 Å². The number of nitrogens with zero attached hydrogens (tertiary/aromatic N) is 1. The van der Waals surface area contributed by atoms with Gasteiger partial charge in [-0.2, -0.15) is 4.31 Å². The SMILES string of the molecule is Cc1cc(S(=O)(=O)N2CCC(C(C)O)C2)sc1C. The Morgan fingerprint density at radius 3 is 2.61 bits per heavy atom. The summed E-state index contributed by atoms with van der Waals surface area (Å²) in [6.07, 6.45) is 0.289. The minimum Gasteiger partial charge on any atom is -0.393 e. The van der Waals surface area contributed by atoms with Gasteiger partial charge in [0.05, 0.1) is 6.10 Å². The Kier molecular flexibility index (Phi) is 3.82. The Hall–Kier alpha value is -0.430. The number of rotatable bonds is 3. The summed E-state index contributed by atoms with van der Waals surface area (Å²) < 4.78 is 26.8. The number of hydrogen-bond acceptors (Lipinski definition) is 4. The minimum absolute atomic E-state index is 0.0573.